The van der Waals surface area contributed by atoms with Gasteiger partial charge in [0.05, 0.1) is 5.69 Å². The maximum Gasteiger partial charge on any atom is 0.258 e. The van der Waals surface area contributed by atoms with Gasteiger partial charge >= 0.3 is 0 Å². The first-order chi connectivity index (χ1) is 10.4. The van der Waals surface area contributed by atoms with Crippen molar-refractivity contribution in [3.8, 4) is 0 Å². The fourth-order valence-corrected chi connectivity index (χ4v) is 2.78. The SMILES string of the molecule is CN1C(=O)C(=Cc2ccc(C(C)(C)C)cc2)c2ccccc21. The number of hydrogen-bond acceptors (Lipinski definition) is 1. The van der Waals surface area contributed by atoms with Gasteiger partial charge in [0.15, 0.2) is 0 Å². The highest BCUT2D eigenvalue weighted by molar-refractivity contribution is 6.35. The zero-order valence-corrected chi connectivity index (χ0v) is 13.6. The highest BCUT2D eigenvalue weighted by atomic mass is 16.2. The molecule has 0 bridgehead atoms. The molecule has 2 aromatic carbocycles. The second kappa shape index (κ2) is 5.13. The van der Waals surface area contributed by atoms with E-state index in [9.17, 15) is 4.79 Å². The standard InChI is InChI=1S/C20H21NO/c1-20(2,3)15-11-9-14(10-12-15)13-17-16-7-5-6-8-18(16)21(4)19(17)22/h5-13H,1-4H3. The van der Waals surface area contributed by atoms with E-state index in [4.69, 9.17) is 0 Å². The number of rotatable bonds is 1. The molecular formula is C20H21NO. The number of benzene rings is 2. The fourth-order valence-electron chi connectivity index (χ4n) is 2.78. The van der Waals surface area contributed by atoms with Crippen LogP contribution in [0.4, 0.5) is 5.69 Å². The molecule has 0 saturated carbocycles. The number of carbonyl (C=O) groups excluding carboxylic acids is 1. The zero-order valence-electron chi connectivity index (χ0n) is 13.6. The summed E-state index contributed by atoms with van der Waals surface area (Å²) in [5.41, 5.74) is 5.25. The van der Waals surface area contributed by atoms with Crippen LogP contribution >= 0.6 is 0 Å². The number of anilines is 1. The lowest BCUT2D eigenvalue weighted by molar-refractivity contribution is -0.112. The maximum atomic E-state index is 12.5. The van der Waals surface area contributed by atoms with Crippen LogP contribution in [-0.2, 0) is 10.2 Å². The van der Waals surface area contributed by atoms with Crippen molar-refractivity contribution < 1.29 is 4.79 Å². The van der Waals surface area contributed by atoms with E-state index >= 15 is 0 Å². The van der Waals surface area contributed by atoms with Gasteiger partial charge in [0.2, 0.25) is 0 Å². The molecule has 2 aromatic rings. The van der Waals surface area contributed by atoms with Crippen molar-refractivity contribution in [2.24, 2.45) is 0 Å². The normalized spacial score (nSPS) is 16.3. The molecule has 1 heterocycles. The van der Waals surface area contributed by atoms with E-state index in [1.165, 1.54) is 5.56 Å². The number of amides is 1. The molecule has 0 aromatic heterocycles. The molecule has 22 heavy (non-hydrogen) atoms. The minimum Gasteiger partial charge on any atom is -0.311 e. The van der Waals surface area contributed by atoms with Crippen LogP contribution in [0.5, 0.6) is 0 Å². The Balaban J connectivity index is 2.01. The van der Waals surface area contributed by atoms with Crippen molar-refractivity contribution in [1.29, 1.82) is 0 Å². The third kappa shape index (κ3) is 2.45. The summed E-state index contributed by atoms with van der Waals surface area (Å²) < 4.78 is 0. The summed E-state index contributed by atoms with van der Waals surface area (Å²) in [5, 5.41) is 0. The van der Waals surface area contributed by atoms with Gasteiger partial charge in [0.1, 0.15) is 0 Å². The third-order valence-electron chi connectivity index (χ3n) is 4.18. The summed E-state index contributed by atoms with van der Waals surface area (Å²) in [6.07, 6.45) is 1.98. The Hall–Kier alpha value is -2.35. The van der Waals surface area contributed by atoms with Crippen LogP contribution in [0.2, 0.25) is 0 Å². The predicted molar refractivity (Wildman–Crippen MR) is 92.9 cm³/mol. The van der Waals surface area contributed by atoms with Crippen LogP contribution in [0, 0.1) is 0 Å². The van der Waals surface area contributed by atoms with E-state index in [1.807, 2.05) is 37.4 Å². The lowest BCUT2D eigenvalue weighted by Gasteiger charge is -2.18. The molecule has 0 radical (unpaired) electrons. The van der Waals surface area contributed by atoms with Crippen LogP contribution in [0.25, 0.3) is 11.6 Å². The van der Waals surface area contributed by atoms with Gasteiger partial charge in [0, 0.05) is 18.2 Å². The summed E-state index contributed by atoms with van der Waals surface area (Å²) in [6, 6.07) is 16.4. The van der Waals surface area contributed by atoms with Crippen LogP contribution in [0.3, 0.4) is 0 Å². The molecule has 2 heteroatoms. The van der Waals surface area contributed by atoms with E-state index in [2.05, 4.69) is 45.0 Å². The van der Waals surface area contributed by atoms with E-state index in [0.29, 0.717) is 0 Å². The Kier molecular flexibility index (Phi) is 3.40. The van der Waals surface area contributed by atoms with Gasteiger partial charge in [-0.2, -0.15) is 0 Å². The first-order valence-corrected chi connectivity index (χ1v) is 7.57. The lowest BCUT2D eigenvalue weighted by Crippen LogP contribution is -2.20. The van der Waals surface area contributed by atoms with Crippen molar-refractivity contribution in [1.82, 2.24) is 0 Å². The van der Waals surface area contributed by atoms with E-state index < -0.39 is 0 Å². The highest BCUT2D eigenvalue weighted by Gasteiger charge is 2.28. The monoisotopic (exact) mass is 291 g/mol. The minimum atomic E-state index is 0.0566. The molecule has 1 aliphatic rings. The quantitative estimate of drug-likeness (QED) is 0.708. The van der Waals surface area contributed by atoms with Crippen LogP contribution in [0.15, 0.2) is 48.5 Å². The third-order valence-corrected chi connectivity index (χ3v) is 4.18. The average Bonchev–Trinajstić information content (AvgIpc) is 2.73. The van der Waals surface area contributed by atoms with E-state index in [-0.39, 0.29) is 11.3 Å². The fraction of sp³-hybridized carbons (Fsp3) is 0.250. The Bertz CT molecular complexity index is 748. The molecular weight excluding hydrogens is 270 g/mol. The molecule has 0 fully saturated rings. The highest BCUT2D eigenvalue weighted by Crippen LogP contribution is 2.36. The Morgan fingerprint density at radius 3 is 2.23 bits per heavy atom. The number of hydrogen-bond donors (Lipinski definition) is 0. The van der Waals surface area contributed by atoms with E-state index in [0.717, 1.165) is 22.4 Å². The van der Waals surface area contributed by atoms with Gasteiger partial charge in [-0.05, 0) is 28.7 Å². The van der Waals surface area contributed by atoms with Gasteiger partial charge in [-0.1, -0.05) is 63.2 Å². The van der Waals surface area contributed by atoms with Gasteiger partial charge < -0.3 is 4.90 Å². The van der Waals surface area contributed by atoms with Gasteiger partial charge in [-0.3, -0.25) is 4.79 Å². The van der Waals surface area contributed by atoms with Crippen molar-refractivity contribution in [3.63, 3.8) is 0 Å². The first-order valence-electron chi connectivity index (χ1n) is 7.57. The first kappa shape index (κ1) is 14.6. The second-order valence-electron chi connectivity index (χ2n) is 6.81. The summed E-state index contributed by atoms with van der Waals surface area (Å²) in [5.74, 6) is 0.0566. The molecule has 0 unspecified atom stereocenters. The second-order valence-corrected chi connectivity index (χ2v) is 6.81. The summed E-state index contributed by atoms with van der Waals surface area (Å²) in [6.45, 7) is 6.60. The van der Waals surface area contributed by atoms with Crippen molar-refractivity contribution in [3.05, 3.63) is 65.2 Å². The number of fused-ring (bicyclic) bond motifs is 1. The smallest absolute Gasteiger partial charge is 0.258 e. The minimum absolute atomic E-state index is 0.0566. The van der Waals surface area contributed by atoms with E-state index in [1.54, 1.807) is 4.90 Å². The Morgan fingerprint density at radius 2 is 1.59 bits per heavy atom. The summed E-state index contributed by atoms with van der Waals surface area (Å²) in [4.78, 5) is 14.2. The molecule has 0 atom stereocenters. The van der Waals surface area contributed by atoms with Crippen LogP contribution in [0.1, 0.15) is 37.5 Å². The lowest BCUT2D eigenvalue weighted by atomic mass is 9.86. The molecule has 0 saturated heterocycles. The van der Waals surface area contributed by atoms with Gasteiger partial charge in [0.25, 0.3) is 5.91 Å². The number of nitrogens with zero attached hydrogens (tertiary/aromatic N) is 1. The molecule has 0 spiro atoms. The predicted octanol–water partition coefficient (Wildman–Crippen LogP) is 4.50. The summed E-state index contributed by atoms with van der Waals surface area (Å²) in [7, 11) is 1.82. The largest absolute Gasteiger partial charge is 0.311 e. The van der Waals surface area contributed by atoms with Crippen LogP contribution < -0.4 is 4.90 Å². The Labute approximate surface area is 132 Å². The molecule has 0 N–H and O–H groups in total. The summed E-state index contributed by atoms with van der Waals surface area (Å²) >= 11 is 0. The molecule has 112 valence electrons. The number of likely N-dealkylation sites (N-methyl/N-ethyl adjacent to an activating group) is 1. The molecule has 3 rings (SSSR count). The molecule has 1 amide bonds. The van der Waals surface area contributed by atoms with Crippen molar-refractivity contribution in [2.45, 2.75) is 26.2 Å². The zero-order chi connectivity index (χ0) is 15.9. The average molecular weight is 291 g/mol. The molecule has 1 aliphatic heterocycles. The topological polar surface area (TPSA) is 20.3 Å². The van der Waals surface area contributed by atoms with Crippen LogP contribution in [-0.4, -0.2) is 13.0 Å². The number of carbonyl (C=O) groups is 1. The Morgan fingerprint density at radius 1 is 0.955 bits per heavy atom. The maximum absolute atomic E-state index is 12.5. The molecule has 0 aliphatic carbocycles. The number of para-hydroxylation sites is 1. The van der Waals surface area contributed by atoms with Crippen molar-refractivity contribution in [2.75, 3.05) is 11.9 Å². The van der Waals surface area contributed by atoms with Crippen molar-refractivity contribution >= 4 is 23.2 Å². The van der Waals surface area contributed by atoms with Gasteiger partial charge in [-0.25, -0.2) is 0 Å². The van der Waals surface area contributed by atoms with Gasteiger partial charge in [-0.15, -0.1) is 0 Å². The molecule has 2 nitrogen and oxygen atoms in total.